The van der Waals surface area contributed by atoms with Crippen molar-refractivity contribution >= 4 is 0 Å². The third-order valence-corrected chi connectivity index (χ3v) is 3.12. The van der Waals surface area contributed by atoms with Crippen LogP contribution in [0.15, 0.2) is 25.0 Å². The maximum Gasteiger partial charge on any atom is 0.0953 e. The van der Waals surface area contributed by atoms with Crippen molar-refractivity contribution in [2.24, 2.45) is 0 Å². The largest absolute Gasteiger partial charge is 0.383 e. The predicted molar refractivity (Wildman–Crippen MR) is 77.5 cm³/mol. The Labute approximate surface area is 119 Å². The summed E-state index contributed by atoms with van der Waals surface area (Å²) in [6.45, 7) is 7.43. The first kappa shape index (κ1) is 14.7. The summed E-state index contributed by atoms with van der Waals surface area (Å²) >= 11 is 0. The molecule has 110 valence electrons. The van der Waals surface area contributed by atoms with Gasteiger partial charge < -0.3 is 19.2 Å². The van der Waals surface area contributed by atoms with E-state index >= 15 is 0 Å². The zero-order valence-corrected chi connectivity index (χ0v) is 12.4. The Hall–Kier alpha value is -1.66. The molecule has 0 aliphatic carbocycles. The summed E-state index contributed by atoms with van der Waals surface area (Å²) < 4.78 is 9.26. The van der Waals surface area contributed by atoms with Crippen LogP contribution in [0, 0.1) is 0 Å². The number of rotatable bonds is 8. The SMILES string of the molecule is COCCNCc1cn(Cc2cncn2C(C)C)cn1. The molecule has 1 N–H and O–H groups in total. The molecule has 2 heterocycles. The fourth-order valence-electron chi connectivity index (χ4n) is 2.08. The highest BCUT2D eigenvalue weighted by atomic mass is 16.5. The molecule has 0 saturated carbocycles. The minimum atomic E-state index is 0.422. The Balaban J connectivity index is 1.90. The molecule has 0 aromatic carbocycles. The van der Waals surface area contributed by atoms with E-state index in [-0.39, 0.29) is 0 Å². The van der Waals surface area contributed by atoms with E-state index in [9.17, 15) is 0 Å². The molecule has 0 aliphatic rings. The van der Waals surface area contributed by atoms with E-state index in [4.69, 9.17) is 4.74 Å². The van der Waals surface area contributed by atoms with E-state index in [1.807, 2.05) is 18.9 Å². The third kappa shape index (κ3) is 3.91. The fourth-order valence-corrected chi connectivity index (χ4v) is 2.08. The Kier molecular flexibility index (Phi) is 5.31. The van der Waals surface area contributed by atoms with Crippen LogP contribution < -0.4 is 5.32 Å². The highest BCUT2D eigenvalue weighted by Crippen LogP contribution is 2.10. The number of hydrogen-bond acceptors (Lipinski definition) is 4. The molecule has 20 heavy (non-hydrogen) atoms. The Morgan fingerprint density at radius 3 is 2.95 bits per heavy atom. The van der Waals surface area contributed by atoms with Gasteiger partial charge in [0.1, 0.15) is 0 Å². The number of imidazole rings is 2. The summed E-state index contributed by atoms with van der Waals surface area (Å²) in [6, 6.07) is 0.422. The molecule has 2 rings (SSSR count). The van der Waals surface area contributed by atoms with Gasteiger partial charge in [-0.25, -0.2) is 9.97 Å². The lowest BCUT2D eigenvalue weighted by molar-refractivity contribution is 0.199. The van der Waals surface area contributed by atoms with Crippen molar-refractivity contribution in [2.45, 2.75) is 33.0 Å². The molecule has 0 atom stereocenters. The van der Waals surface area contributed by atoms with Crippen LogP contribution in [0.3, 0.4) is 0 Å². The van der Waals surface area contributed by atoms with Crippen LogP contribution in [0.4, 0.5) is 0 Å². The summed E-state index contributed by atoms with van der Waals surface area (Å²) in [5, 5.41) is 3.29. The normalized spacial score (nSPS) is 11.4. The molecule has 0 saturated heterocycles. The van der Waals surface area contributed by atoms with E-state index in [1.165, 1.54) is 5.69 Å². The summed E-state index contributed by atoms with van der Waals surface area (Å²) in [7, 11) is 1.70. The van der Waals surface area contributed by atoms with Gasteiger partial charge >= 0.3 is 0 Å². The smallest absolute Gasteiger partial charge is 0.0953 e. The topological polar surface area (TPSA) is 56.9 Å². The number of nitrogens with zero attached hydrogens (tertiary/aromatic N) is 4. The van der Waals surface area contributed by atoms with Crippen LogP contribution in [0.2, 0.25) is 0 Å². The molecular weight excluding hydrogens is 254 g/mol. The van der Waals surface area contributed by atoms with Crippen molar-refractivity contribution in [3.05, 3.63) is 36.4 Å². The van der Waals surface area contributed by atoms with E-state index in [2.05, 4.69) is 44.5 Å². The molecule has 0 unspecified atom stereocenters. The second-order valence-electron chi connectivity index (χ2n) is 5.09. The lowest BCUT2D eigenvalue weighted by Gasteiger charge is -2.11. The second-order valence-corrected chi connectivity index (χ2v) is 5.09. The molecule has 6 nitrogen and oxygen atoms in total. The molecule has 0 spiro atoms. The Morgan fingerprint density at radius 2 is 2.20 bits per heavy atom. The first-order chi connectivity index (χ1) is 9.70. The summed E-state index contributed by atoms with van der Waals surface area (Å²) in [5.41, 5.74) is 2.23. The first-order valence-corrected chi connectivity index (χ1v) is 6.91. The van der Waals surface area contributed by atoms with E-state index < -0.39 is 0 Å². The molecular formula is C14H23N5O. The summed E-state index contributed by atoms with van der Waals surface area (Å²) in [5.74, 6) is 0. The van der Waals surface area contributed by atoms with Gasteiger partial charge in [-0.1, -0.05) is 0 Å². The fraction of sp³-hybridized carbons (Fsp3) is 0.571. The van der Waals surface area contributed by atoms with Gasteiger partial charge in [-0.3, -0.25) is 0 Å². The van der Waals surface area contributed by atoms with Crippen LogP contribution >= 0.6 is 0 Å². The van der Waals surface area contributed by atoms with Crippen molar-refractivity contribution in [3.63, 3.8) is 0 Å². The molecule has 0 amide bonds. The van der Waals surface area contributed by atoms with Crippen molar-refractivity contribution in [1.29, 1.82) is 0 Å². The number of hydrogen-bond donors (Lipinski definition) is 1. The van der Waals surface area contributed by atoms with Crippen molar-refractivity contribution in [1.82, 2.24) is 24.4 Å². The van der Waals surface area contributed by atoms with Gasteiger partial charge in [0.05, 0.1) is 37.2 Å². The van der Waals surface area contributed by atoms with Crippen molar-refractivity contribution < 1.29 is 4.74 Å². The molecule has 0 bridgehead atoms. The molecule has 6 heteroatoms. The van der Waals surface area contributed by atoms with Gasteiger partial charge in [0.25, 0.3) is 0 Å². The highest BCUT2D eigenvalue weighted by molar-refractivity contribution is 5.04. The zero-order chi connectivity index (χ0) is 14.4. The van der Waals surface area contributed by atoms with Crippen LogP contribution in [0.5, 0.6) is 0 Å². The van der Waals surface area contributed by atoms with Crippen LogP contribution in [0.1, 0.15) is 31.3 Å². The lowest BCUT2D eigenvalue weighted by Crippen LogP contribution is -2.18. The van der Waals surface area contributed by atoms with Gasteiger partial charge in [0, 0.05) is 38.6 Å². The molecule has 0 fully saturated rings. The van der Waals surface area contributed by atoms with E-state index in [0.717, 1.165) is 25.3 Å². The van der Waals surface area contributed by atoms with Gasteiger partial charge in [0.15, 0.2) is 0 Å². The zero-order valence-electron chi connectivity index (χ0n) is 12.4. The Morgan fingerprint density at radius 1 is 1.35 bits per heavy atom. The summed E-state index contributed by atoms with van der Waals surface area (Å²) in [4.78, 5) is 8.62. The minimum Gasteiger partial charge on any atom is -0.383 e. The maximum absolute atomic E-state index is 4.99. The monoisotopic (exact) mass is 277 g/mol. The second kappa shape index (κ2) is 7.21. The molecule has 0 aliphatic heterocycles. The molecule has 2 aromatic rings. The average molecular weight is 277 g/mol. The maximum atomic E-state index is 4.99. The highest BCUT2D eigenvalue weighted by Gasteiger charge is 2.06. The van der Waals surface area contributed by atoms with Crippen LogP contribution in [-0.4, -0.2) is 39.4 Å². The minimum absolute atomic E-state index is 0.422. The van der Waals surface area contributed by atoms with Gasteiger partial charge in [-0.15, -0.1) is 0 Å². The van der Waals surface area contributed by atoms with E-state index in [1.54, 1.807) is 7.11 Å². The number of methoxy groups -OCH3 is 1. The van der Waals surface area contributed by atoms with Gasteiger partial charge in [-0.05, 0) is 13.8 Å². The molecule has 2 aromatic heterocycles. The van der Waals surface area contributed by atoms with E-state index in [0.29, 0.717) is 12.6 Å². The predicted octanol–water partition coefficient (Wildman–Crippen LogP) is 1.44. The third-order valence-electron chi connectivity index (χ3n) is 3.12. The number of ether oxygens (including phenoxy) is 1. The van der Waals surface area contributed by atoms with Crippen LogP contribution in [0.25, 0.3) is 0 Å². The Bertz CT molecular complexity index is 517. The average Bonchev–Trinajstić information content (AvgIpc) is 3.04. The number of nitrogens with one attached hydrogen (secondary N) is 1. The first-order valence-electron chi connectivity index (χ1n) is 6.91. The number of aromatic nitrogens is 4. The van der Waals surface area contributed by atoms with Crippen LogP contribution in [-0.2, 0) is 17.8 Å². The van der Waals surface area contributed by atoms with Gasteiger partial charge in [-0.2, -0.15) is 0 Å². The quantitative estimate of drug-likeness (QED) is 0.742. The van der Waals surface area contributed by atoms with Crippen molar-refractivity contribution in [2.75, 3.05) is 20.3 Å². The van der Waals surface area contributed by atoms with Crippen molar-refractivity contribution in [3.8, 4) is 0 Å². The molecule has 0 radical (unpaired) electrons. The standard InChI is InChI=1S/C14H23N5O/c1-12(2)19-10-16-7-14(19)9-18-8-13(17-11-18)6-15-4-5-20-3/h7-8,10-12,15H,4-6,9H2,1-3H3. The lowest BCUT2D eigenvalue weighted by atomic mass is 10.3. The van der Waals surface area contributed by atoms with Gasteiger partial charge in [0.2, 0.25) is 0 Å². The summed E-state index contributed by atoms with van der Waals surface area (Å²) in [6.07, 6.45) is 7.73.